The van der Waals surface area contributed by atoms with Gasteiger partial charge in [-0.2, -0.15) is 0 Å². The van der Waals surface area contributed by atoms with Gasteiger partial charge in [-0.3, -0.25) is 4.79 Å². The predicted molar refractivity (Wildman–Crippen MR) is 104 cm³/mol. The summed E-state index contributed by atoms with van der Waals surface area (Å²) in [4.78, 5) is 22.2. The van der Waals surface area contributed by atoms with Crippen molar-refractivity contribution in [2.45, 2.75) is 19.4 Å². The molecule has 2 aromatic heterocycles. The molecule has 0 aliphatic carbocycles. The number of rotatable bonds is 6. The molecule has 2 aromatic carbocycles. The Bertz CT molecular complexity index is 1010. The van der Waals surface area contributed by atoms with Crippen LogP contribution in [0.25, 0.3) is 21.9 Å². The number of hydrogen-bond acceptors (Lipinski definition) is 2. The van der Waals surface area contributed by atoms with Crippen LogP contribution in [-0.4, -0.2) is 38.9 Å². The molecule has 1 N–H and O–H groups in total. The Kier molecular flexibility index (Phi) is 4.44. The first-order valence-corrected chi connectivity index (χ1v) is 8.92. The third kappa shape index (κ3) is 3.33. The molecule has 0 radical (unpaired) electrons. The zero-order chi connectivity index (χ0) is 17.9. The molecule has 0 saturated carbocycles. The number of amides is 1. The highest BCUT2D eigenvalue weighted by atomic mass is 16.2. The largest absolute Gasteiger partial charge is 0.344 e. The summed E-state index contributed by atoms with van der Waals surface area (Å²) in [7, 11) is 1.87. The summed E-state index contributed by atoms with van der Waals surface area (Å²) in [5.41, 5.74) is 3.15. The molecule has 0 saturated heterocycles. The normalized spacial score (nSPS) is 11.3. The molecule has 2 heterocycles. The summed E-state index contributed by atoms with van der Waals surface area (Å²) in [6, 6.07) is 18.2. The fraction of sp³-hybridized carbons (Fsp3) is 0.238. The second-order valence-electron chi connectivity index (χ2n) is 6.62. The zero-order valence-corrected chi connectivity index (χ0v) is 14.9. The van der Waals surface area contributed by atoms with Crippen LogP contribution in [0, 0.1) is 0 Å². The zero-order valence-electron chi connectivity index (χ0n) is 14.9. The Balaban J connectivity index is 1.32. The van der Waals surface area contributed by atoms with Crippen LogP contribution in [0.4, 0.5) is 0 Å². The standard InChI is InChI=1S/C21H22N4O/c1-24(13-6-11-20-22-17-8-3-4-9-18(17)23-20)21(26)15-25-14-12-16-7-2-5-10-19(16)25/h2-5,7-10,12,14H,6,11,13,15H2,1H3,(H,22,23). The topological polar surface area (TPSA) is 53.9 Å². The van der Waals surface area contributed by atoms with Crippen molar-refractivity contribution in [2.24, 2.45) is 0 Å². The van der Waals surface area contributed by atoms with Crippen LogP contribution in [0.2, 0.25) is 0 Å². The van der Waals surface area contributed by atoms with Crippen LogP contribution in [0.3, 0.4) is 0 Å². The fourth-order valence-electron chi connectivity index (χ4n) is 3.28. The van der Waals surface area contributed by atoms with E-state index in [1.54, 1.807) is 4.90 Å². The lowest BCUT2D eigenvalue weighted by molar-refractivity contribution is -0.130. The molecule has 0 unspecified atom stereocenters. The average molecular weight is 346 g/mol. The van der Waals surface area contributed by atoms with E-state index in [1.165, 1.54) is 0 Å². The van der Waals surface area contributed by atoms with E-state index in [-0.39, 0.29) is 5.91 Å². The smallest absolute Gasteiger partial charge is 0.242 e. The van der Waals surface area contributed by atoms with Crippen molar-refractivity contribution in [2.75, 3.05) is 13.6 Å². The van der Waals surface area contributed by atoms with Gasteiger partial charge in [-0.1, -0.05) is 30.3 Å². The number of nitrogens with one attached hydrogen (secondary N) is 1. The molecule has 4 rings (SSSR count). The van der Waals surface area contributed by atoms with E-state index in [1.807, 2.05) is 66.3 Å². The number of carbonyl (C=O) groups excluding carboxylic acids is 1. The van der Waals surface area contributed by atoms with Gasteiger partial charge in [0, 0.05) is 31.7 Å². The Morgan fingerprint density at radius 3 is 2.81 bits per heavy atom. The second-order valence-corrected chi connectivity index (χ2v) is 6.62. The SMILES string of the molecule is CN(CCCc1nc2ccccc2[nH]1)C(=O)Cn1ccc2ccccc21. The number of aryl methyl sites for hydroxylation is 1. The molecule has 26 heavy (non-hydrogen) atoms. The molecular formula is C21H22N4O. The Labute approximate surface area is 152 Å². The first-order chi connectivity index (χ1) is 12.7. The van der Waals surface area contributed by atoms with Gasteiger partial charge in [-0.15, -0.1) is 0 Å². The van der Waals surface area contributed by atoms with Crippen LogP contribution in [0.15, 0.2) is 60.8 Å². The van der Waals surface area contributed by atoms with Crippen molar-refractivity contribution in [3.63, 3.8) is 0 Å². The lowest BCUT2D eigenvalue weighted by Crippen LogP contribution is -2.31. The highest BCUT2D eigenvalue weighted by Crippen LogP contribution is 2.15. The fourth-order valence-corrected chi connectivity index (χ4v) is 3.28. The van der Waals surface area contributed by atoms with E-state index in [2.05, 4.69) is 16.0 Å². The second kappa shape index (κ2) is 7.04. The molecule has 0 aliphatic heterocycles. The van der Waals surface area contributed by atoms with E-state index in [0.29, 0.717) is 6.54 Å². The third-order valence-corrected chi connectivity index (χ3v) is 4.76. The van der Waals surface area contributed by atoms with Crippen LogP contribution in [0.1, 0.15) is 12.2 Å². The maximum atomic E-state index is 12.5. The quantitative estimate of drug-likeness (QED) is 0.580. The van der Waals surface area contributed by atoms with Crippen molar-refractivity contribution in [1.82, 2.24) is 19.4 Å². The molecule has 0 atom stereocenters. The first-order valence-electron chi connectivity index (χ1n) is 8.92. The maximum absolute atomic E-state index is 12.5. The van der Waals surface area contributed by atoms with Gasteiger partial charge in [-0.05, 0) is 36.1 Å². The number of nitrogens with zero attached hydrogens (tertiary/aromatic N) is 3. The van der Waals surface area contributed by atoms with Gasteiger partial charge >= 0.3 is 0 Å². The minimum atomic E-state index is 0.121. The van der Waals surface area contributed by atoms with Gasteiger partial charge in [0.15, 0.2) is 0 Å². The molecule has 5 heteroatoms. The highest BCUT2D eigenvalue weighted by Gasteiger charge is 2.11. The van der Waals surface area contributed by atoms with Crippen molar-refractivity contribution in [3.8, 4) is 0 Å². The number of imidazole rings is 1. The van der Waals surface area contributed by atoms with E-state index in [9.17, 15) is 4.79 Å². The summed E-state index contributed by atoms with van der Waals surface area (Å²) in [5, 5.41) is 1.16. The molecule has 0 spiro atoms. The van der Waals surface area contributed by atoms with Gasteiger partial charge < -0.3 is 14.5 Å². The predicted octanol–water partition coefficient (Wildman–Crippen LogP) is 3.61. The van der Waals surface area contributed by atoms with Crippen molar-refractivity contribution in [1.29, 1.82) is 0 Å². The van der Waals surface area contributed by atoms with Gasteiger partial charge in [-0.25, -0.2) is 4.98 Å². The molecular weight excluding hydrogens is 324 g/mol. The lowest BCUT2D eigenvalue weighted by atomic mass is 10.2. The molecule has 132 valence electrons. The molecule has 5 nitrogen and oxygen atoms in total. The van der Waals surface area contributed by atoms with Gasteiger partial charge in [0.2, 0.25) is 5.91 Å². The van der Waals surface area contributed by atoms with Crippen LogP contribution in [0.5, 0.6) is 0 Å². The summed E-state index contributed by atoms with van der Waals surface area (Å²) >= 11 is 0. The van der Waals surface area contributed by atoms with Crippen LogP contribution < -0.4 is 0 Å². The Hall–Kier alpha value is -3.08. The van der Waals surface area contributed by atoms with E-state index in [4.69, 9.17) is 0 Å². The Morgan fingerprint density at radius 1 is 1.12 bits per heavy atom. The minimum Gasteiger partial charge on any atom is -0.344 e. The average Bonchev–Trinajstić information content (AvgIpc) is 3.25. The summed E-state index contributed by atoms with van der Waals surface area (Å²) in [5.74, 6) is 1.10. The third-order valence-electron chi connectivity index (χ3n) is 4.76. The lowest BCUT2D eigenvalue weighted by Gasteiger charge is -2.17. The highest BCUT2D eigenvalue weighted by molar-refractivity contribution is 5.83. The minimum absolute atomic E-state index is 0.121. The number of fused-ring (bicyclic) bond motifs is 2. The molecule has 0 fully saturated rings. The van der Waals surface area contributed by atoms with Crippen LogP contribution in [-0.2, 0) is 17.8 Å². The molecule has 1 amide bonds. The molecule has 4 aromatic rings. The summed E-state index contributed by atoms with van der Waals surface area (Å²) in [6.45, 7) is 1.09. The number of aromatic amines is 1. The monoisotopic (exact) mass is 346 g/mol. The van der Waals surface area contributed by atoms with Crippen LogP contribution >= 0.6 is 0 Å². The maximum Gasteiger partial charge on any atom is 0.242 e. The number of hydrogen-bond donors (Lipinski definition) is 1. The van der Waals surface area contributed by atoms with Gasteiger partial charge in [0.1, 0.15) is 12.4 Å². The molecule has 0 bridgehead atoms. The van der Waals surface area contributed by atoms with Crippen molar-refractivity contribution in [3.05, 3.63) is 66.6 Å². The number of aromatic nitrogens is 3. The number of H-pyrrole nitrogens is 1. The number of likely N-dealkylation sites (N-methyl/N-ethyl adjacent to an activating group) is 1. The van der Waals surface area contributed by atoms with E-state index >= 15 is 0 Å². The van der Waals surface area contributed by atoms with Crippen molar-refractivity contribution < 1.29 is 4.79 Å². The number of carbonyl (C=O) groups is 1. The number of para-hydroxylation sites is 3. The number of benzene rings is 2. The van der Waals surface area contributed by atoms with Gasteiger partial charge in [0.25, 0.3) is 0 Å². The summed E-state index contributed by atoms with van der Waals surface area (Å²) < 4.78 is 2.01. The molecule has 0 aliphatic rings. The van der Waals surface area contributed by atoms with Crippen molar-refractivity contribution >= 4 is 27.8 Å². The Morgan fingerprint density at radius 2 is 1.92 bits per heavy atom. The first kappa shape index (κ1) is 16.4. The summed E-state index contributed by atoms with van der Waals surface area (Å²) in [6.07, 6.45) is 3.69. The van der Waals surface area contributed by atoms with Gasteiger partial charge in [0.05, 0.1) is 11.0 Å². The van der Waals surface area contributed by atoms with E-state index < -0.39 is 0 Å². The van der Waals surface area contributed by atoms with E-state index in [0.717, 1.165) is 47.1 Å².